The summed E-state index contributed by atoms with van der Waals surface area (Å²) >= 11 is 2.56. The highest BCUT2D eigenvalue weighted by Gasteiger charge is 2.35. The van der Waals surface area contributed by atoms with Crippen molar-refractivity contribution in [1.29, 1.82) is 5.26 Å². The van der Waals surface area contributed by atoms with Crippen molar-refractivity contribution in [3.8, 4) is 17.2 Å². The molecule has 1 saturated heterocycles. The van der Waals surface area contributed by atoms with E-state index in [1.165, 1.54) is 23.5 Å². The predicted molar refractivity (Wildman–Crippen MR) is 123 cm³/mol. The second kappa shape index (κ2) is 8.67. The van der Waals surface area contributed by atoms with Crippen molar-refractivity contribution in [3.63, 3.8) is 0 Å². The van der Waals surface area contributed by atoms with E-state index < -0.39 is 5.82 Å². The molecule has 2 N–H and O–H groups in total. The van der Waals surface area contributed by atoms with Crippen LogP contribution in [0.25, 0.3) is 11.1 Å². The van der Waals surface area contributed by atoms with E-state index in [2.05, 4.69) is 9.88 Å². The lowest BCUT2D eigenvalue weighted by Gasteiger charge is -2.41. The van der Waals surface area contributed by atoms with Crippen LogP contribution in [0.1, 0.15) is 11.3 Å². The molecule has 158 valence electrons. The van der Waals surface area contributed by atoms with E-state index in [4.69, 9.17) is 5.14 Å². The molecule has 1 aliphatic heterocycles. The van der Waals surface area contributed by atoms with E-state index in [9.17, 15) is 14.4 Å². The number of nitrogens with zero attached hydrogens (tertiary/aromatic N) is 4. The van der Waals surface area contributed by atoms with Gasteiger partial charge >= 0.3 is 0 Å². The monoisotopic (exact) mass is 453 g/mol. The van der Waals surface area contributed by atoms with Crippen LogP contribution in [0.3, 0.4) is 0 Å². The molecule has 0 spiro atoms. The highest BCUT2D eigenvalue weighted by Crippen LogP contribution is 2.34. The highest BCUT2D eigenvalue weighted by molar-refractivity contribution is 7.99. The van der Waals surface area contributed by atoms with Crippen LogP contribution in [-0.4, -0.2) is 31.0 Å². The Bertz CT molecular complexity index is 1170. The number of halogens is 1. The Morgan fingerprint density at radius 1 is 1.32 bits per heavy atom. The zero-order valence-corrected chi connectivity index (χ0v) is 18.6. The minimum Gasteiger partial charge on any atom is -0.370 e. The van der Waals surface area contributed by atoms with Gasteiger partial charge in [-0.1, -0.05) is 29.5 Å². The molecule has 2 heterocycles. The maximum Gasteiger partial charge on any atom is 0.235 e. The second-order valence-electron chi connectivity index (χ2n) is 7.31. The molecule has 0 radical (unpaired) electrons. The summed E-state index contributed by atoms with van der Waals surface area (Å²) in [7, 11) is 1.74. The van der Waals surface area contributed by atoms with Crippen LogP contribution >= 0.6 is 23.3 Å². The number of aryl methyl sites for hydroxylation is 1. The molecule has 1 amide bonds. The Hall–Kier alpha value is -2.93. The number of carbonyl (C=O) groups excluding carboxylic acids is 1. The molecule has 0 atom stereocenters. The molecule has 1 aliphatic rings. The first-order chi connectivity index (χ1) is 14.9. The topological polar surface area (TPSA) is 86.2 Å². The lowest BCUT2D eigenvalue weighted by atomic mass is 9.96. The largest absolute Gasteiger partial charge is 0.370 e. The summed E-state index contributed by atoms with van der Waals surface area (Å²) in [5.41, 5.74) is 3.05. The number of rotatable bonds is 5. The first kappa shape index (κ1) is 21.3. The van der Waals surface area contributed by atoms with Gasteiger partial charge in [0.15, 0.2) is 5.13 Å². The average molecular weight is 454 g/mol. The Morgan fingerprint density at radius 3 is 2.65 bits per heavy atom. The lowest BCUT2D eigenvalue weighted by molar-refractivity contribution is -0.122. The zero-order valence-electron chi connectivity index (χ0n) is 17.0. The van der Waals surface area contributed by atoms with E-state index in [0.717, 1.165) is 27.5 Å². The molecule has 31 heavy (non-hydrogen) atoms. The van der Waals surface area contributed by atoms with Crippen LogP contribution in [0.4, 0.5) is 15.2 Å². The van der Waals surface area contributed by atoms with Crippen molar-refractivity contribution in [2.24, 2.45) is 11.1 Å². The molecular formula is C22H20FN5OS2. The lowest BCUT2D eigenvalue weighted by Crippen LogP contribution is -2.54. The van der Waals surface area contributed by atoms with Gasteiger partial charge in [-0.05, 0) is 48.7 Å². The number of hydrogen-bond acceptors (Lipinski definition) is 7. The first-order valence-corrected chi connectivity index (χ1v) is 11.3. The Kier molecular flexibility index (Phi) is 5.96. The van der Waals surface area contributed by atoms with Gasteiger partial charge in [0.05, 0.1) is 27.5 Å². The van der Waals surface area contributed by atoms with Crippen LogP contribution in [0.2, 0.25) is 0 Å². The van der Waals surface area contributed by atoms with E-state index in [1.807, 2.05) is 25.1 Å². The third-order valence-corrected chi connectivity index (χ3v) is 7.43. The Morgan fingerprint density at radius 2 is 2.03 bits per heavy atom. The van der Waals surface area contributed by atoms with Gasteiger partial charge in [0.1, 0.15) is 5.82 Å². The zero-order chi connectivity index (χ0) is 22.1. The number of carbonyl (C=O) groups is 1. The van der Waals surface area contributed by atoms with Crippen LogP contribution in [0.15, 0.2) is 46.7 Å². The first-order valence-electron chi connectivity index (χ1n) is 9.58. The van der Waals surface area contributed by atoms with Crippen molar-refractivity contribution in [1.82, 2.24) is 4.98 Å². The van der Waals surface area contributed by atoms with Gasteiger partial charge in [-0.2, -0.15) is 5.26 Å². The molecule has 1 aromatic heterocycles. The standard InChI is InChI=1S/C22H20FN5OS2/c1-13-21(31-25)30-22(26-13)27(2)20(29)16-11-28(12-16)17-8-6-14(7-9-17)19-15(10-24)4-3-5-18(19)23/h3-9,16H,11-12,25H2,1-2H3. The van der Waals surface area contributed by atoms with Crippen LogP contribution in [0, 0.1) is 30.0 Å². The van der Waals surface area contributed by atoms with E-state index in [0.29, 0.717) is 34.9 Å². The smallest absolute Gasteiger partial charge is 0.235 e. The normalized spacial score (nSPS) is 13.6. The van der Waals surface area contributed by atoms with Crippen LogP contribution in [0.5, 0.6) is 0 Å². The van der Waals surface area contributed by atoms with Gasteiger partial charge < -0.3 is 4.90 Å². The van der Waals surface area contributed by atoms with Crippen molar-refractivity contribution < 1.29 is 9.18 Å². The number of nitrogens with two attached hydrogens (primary N) is 1. The van der Waals surface area contributed by atoms with Crippen molar-refractivity contribution in [2.45, 2.75) is 11.1 Å². The summed E-state index contributed by atoms with van der Waals surface area (Å²) in [6.45, 7) is 3.09. The van der Waals surface area contributed by atoms with Gasteiger partial charge in [0.25, 0.3) is 0 Å². The van der Waals surface area contributed by atoms with Crippen molar-refractivity contribution in [3.05, 3.63) is 59.5 Å². The summed E-state index contributed by atoms with van der Waals surface area (Å²) in [5, 5.41) is 15.5. The van der Waals surface area contributed by atoms with Crippen LogP contribution in [-0.2, 0) is 4.79 Å². The summed E-state index contributed by atoms with van der Waals surface area (Å²) < 4.78 is 15.2. The molecular weight excluding hydrogens is 433 g/mol. The number of hydrogen-bond donors (Lipinski definition) is 1. The summed E-state index contributed by atoms with van der Waals surface area (Å²) in [6.07, 6.45) is 0. The fourth-order valence-electron chi connectivity index (χ4n) is 3.58. The fraction of sp³-hybridized carbons (Fsp3) is 0.227. The highest BCUT2D eigenvalue weighted by atomic mass is 32.2. The Balaban J connectivity index is 1.42. The molecule has 9 heteroatoms. The molecule has 0 aliphatic carbocycles. The molecule has 1 fully saturated rings. The Labute approximate surface area is 188 Å². The minimum absolute atomic E-state index is 0.0280. The maximum atomic E-state index is 14.2. The van der Waals surface area contributed by atoms with Crippen molar-refractivity contribution >= 4 is 40.0 Å². The summed E-state index contributed by atoms with van der Waals surface area (Å²) in [5.74, 6) is -0.502. The quantitative estimate of drug-likeness (QED) is 0.583. The number of nitriles is 1. The van der Waals surface area contributed by atoms with E-state index in [-0.39, 0.29) is 11.8 Å². The number of aromatic nitrogens is 1. The molecule has 0 bridgehead atoms. The van der Waals surface area contributed by atoms with Crippen molar-refractivity contribution in [2.75, 3.05) is 29.9 Å². The van der Waals surface area contributed by atoms with Gasteiger partial charge in [0.2, 0.25) is 5.91 Å². The SMILES string of the molecule is Cc1nc(N(C)C(=O)C2CN(c3ccc(-c4c(F)cccc4C#N)cc3)C2)sc1SN. The number of anilines is 2. The van der Waals surface area contributed by atoms with Gasteiger partial charge in [0, 0.05) is 31.4 Å². The molecule has 2 aromatic carbocycles. The van der Waals surface area contributed by atoms with Gasteiger partial charge in [-0.15, -0.1) is 0 Å². The second-order valence-corrected chi connectivity index (χ2v) is 9.19. The summed E-state index contributed by atoms with van der Waals surface area (Å²) in [6, 6.07) is 13.9. The predicted octanol–water partition coefficient (Wildman–Crippen LogP) is 4.19. The molecule has 3 aromatic rings. The molecule has 0 saturated carbocycles. The number of amides is 1. The molecule has 4 rings (SSSR count). The molecule has 0 unspecified atom stereocenters. The van der Waals surface area contributed by atoms with E-state index >= 15 is 0 Å². The number of benzene rings is 2. The van der Waals surface area contributed by atoms with Crippen LogP contribution < -0.4 is 14.9 Å². The summed E-state index contributed by atoms with van der Waals surface area (Å²) in [4.78, 5) is 20.9. The average Bonchev–Trinajstić information content (AvgIpc) is 3.13. The maximum absolute atomic E-state index is 14.2. The fourth-order valence-corrected chi connectivity index (χ4v) is 4.99. The van der Waals surface area contributed by atoms with Gasteiger partial charge in [-0.3, -0.25) is 14.8 Å². The molecule has 6 nitrogen and oxygen atoms in total. The third-order valence-electron chi connectivity index (χ3n) is 5.35. The third kappa shape index (κ3) is 4.02. The minimum atomic E-state index is -0.418. The van der Waals surface area contributed by atoms with Gasteiger partial charge in [-0.25, -0.2) is 9.37 Å². The van der Waals surface area contributed by atoms with E-state index in [1.54, 1.807) is 30.1 Å². The number of thiazole rings is 1.